The SMILES string of the molecule is COC(=O)[C@@]12C[C@H]1/C=C\CCCCC[C@H](NC(=O)OC1CCCC1)C(=O)N1C[C@@H](OCc3ccc([N+](=O)[O-])cc3)C[C@H]1C(=O)N2C(=O)OC(C)(C)C. The van der Waals surface area contributed by atoms with Gasteiger partial charge in [-0.15, -0.1) is 0 Å². The maximum Gasteiger partial charge on any atom is 0.418 e. The highest BCUT2D eigenvalue weighted by atomic mass is 16.6. The molecule has 0 spiro atoms. The largest absolute Gasteiger partial charge is 0.467 e. The van der Waals surface area contributed by atoms with Gasteiger partial charge in [-0.25, -0.2) is 19.3 Å². The zero-order valence-electron chi connectivity index (χ0n) is 30.4. The van der Waals surface area contributed by atoms with E-state index in [4.69, 9.17) is 18.9 Å². The maximum atomic E-state index is 14.8. The molecule has 1 aromatic rings. The van der Waals surface area contributed by atoms with Crippen molar-refractivity contribution in [2.45, 2.75) is 133 Å². The molecule has 15 heteroatoms. The molecule has 2 aliphatic carbocycles. The number of esters is 1. The summed E-state index contributed by atoms with van der Waals surface area (Å²) < 4.78 is 22.7. The van der Waals surface area contributed by atoms with Gasteiger partial charge in [0, 0.05) is 31.0 Å². The number of alkyl carbamates (subject to hydrolysis) is 1. The molecule has 52 heavy (non-hydrogen) atoms. The number of hydrogen-bond acceptors (Lipinski definition) is 11. The zero-order chi connectivity index (χ0) is 37.6. The number of amides is 4. The molecule has 2 saturated carbocycles. The molecule has 4 amide bonds. The van der Waals surface area contributed by atoms with E-state index < -0.39 is 70.1 Å². The van der Waals surface area contributed by atoms with Crippen molar-refractivity contribution >= 4 is 35.7 Å². The van der Waals surface area contributed by atoms with Crippen LogP contribution in [0.4, 0.5) is 15.3 Å². The first-order valence-electron chi connectivity index (χ1n) is 18.2. The Morgan fingerprint density at radius 2 is 1.67 bits per heavy atom. The summed E-state index contributed by atoms with van der Waals surface area (Å²) in [5, 5.41) is 13.9. The number of fused-ring (bicyclic) bond motifs is 2. The highest BCUT2D eigenvalue weighted by molar-refractivity contribution is 6.04. The van der Waals surface area contributed by atoms with Crippen LogP contribution in [-0.2, 0) is 39.9 Å². The number of nitro groups is 1. The number of hydrogen-bond donors (Lipinski definition) is 1. The molecule has 5 atom stereocenters. The van der Waals surface area contributed by atoms with Crippen LogP contribution in [0.1, 0.15) is 97.0 Å². The summed E-state index contributed by atoms with van der Waals surface area (Å²) in [7, 11) is 1.19. The number of rotatable bonds is 7. The molecule has 1 aromatic carbocycles. The molecule has 15 nitrogen and oxygen atoms in total. The first kappa shape index (κ1) is 38.7. The summed E-state index contributed by atoms with van der Waals surface area (Å²) in [5.41, 5.74) is -2.15. The quantitative estimate of drug-likeness (QED) is 0.126. The molecule has 1 saturated heterocycles. The van der Waals surface area contributed by atoms with Crippen LogP contribution in [-0.4, -0.2) is 93.8 Å². The van der Waals surface area contributed by atoms with E-state index in [0.29, 0.717) is 24.8 Å². The third-order valence-corrected chi connectivity index (χ3v) is 10.1. The van der Waals surface area contributed by atoms with Gasteiger partial charge in [-0.3, -0.25) is 19.7 Å². The second-order valence-electron chi connectivity index (χ2n) is 15.1. The molecule has 5 rings (SSSR count). The number of imide groups is 1. The van der Waals surface area contributed by atoms with Crippen molar-refractivity contribution in [2.24, 2.45) is 5.92 Å². The molecule has 284 valence electrons. The van der Waals surface area contributed by atoms with E-state index in [0.717, 1.165) is 43.4 Å². The predicted octanol–water partition coefficient (Wildman–Crippen LogP) is 5.33. The lowest BCUT2D eigenvalue weighted by molar-refractivity contribution is -0.384. The molecule has 0 unspecified atom stereocenters. The van der Waals surface area contributed by atoms with E-state index in [9.17, 15) is 34.1 Å². The Hall–Kier alpha value is -4.53. The van der Waals surface area contributed by atoms with Gasteiger partial charge >= 0.3 is 18.2 Å². The fourth-order valence-electron chi connectivity index (χ4n) is 7.33. The Labute approximate surface area is 303 Å². The average molecular weight is 727 g/mol. The number of methoxy groups -OCH3 is 1. The van der Waals surface area contributed by atoms with Gasteiger partial charge in [-0.1, -0.05) is 25.0 Å². The van der Waals surface area contributed by atoms with Gasteiger partial charge in [-0.05, 0) is 89.8 Å². The van der Waals surface area contributed by atoms with Crippen molar-refractivity contribution in [3.8, 4) is 0 Å². The highest BCUT2D eigenvalue weighted by Gasteiger charge is 2.69. The molecular formula is C37H50N4O11. The van der Waals surface area contributed by atoms with Crippen LogP contribution in [0.2, 0.25) is 0 Å². The number of nitro benzene ring substituents is 1. The van der Waals surface area contributed by atoms with E-state index in [1.54, 1.807) is 32.9 Å². The second kappa shape index (κ2) is 16.4. The minimum atomic E-state index is -1.68. The van der Waals surface area contributed by atoms with Gasteiger partial charge < -0.3 is 29.2 Å². The fraction of sp³-hybridized carbons (Fsp3) is 0.649. The van der Waals surface area contributed by atoms with Crippen LogP contribution < -0.4 is 5.32 Å². The Balaban J connectivity index is 1.49. The van der Waals surface area contributed by atoms with Crippen molar-refractivity contribution < 1.29 is 47.8 Å². The smallest absolute Gasteiger partial charge is 0.418 e. The number of non-ortho nitro benzene ring substituents is 1. The molecule has 2 aliphatic heterocycles. The fourth-order valence-corrected chi connectivity index (χ4v) is 7.33. The number of benzene rings is 1. The van der Waals surface area contributed by atoms with E-state index in [1.165, 1.54) is 24.1 Å². The summed E-state index contributed by atoms with van der Waals surface area (Å²) in [5.74, 6) is -2.67. The molecule has 3 fully saturated rings. The van der Waals surface area contributed by atoms with Crippen molar-refractivity contribution in [1.29, 1.82) is 0 Å². The number of nitrogens with zero attached hydrogens (tertiary/aromatic N) is 3. The van der Waals surface area contributed by atoms with E-state index in [-0.39, 0.29) is 37.8 Å². The molecular weight excluding hydrogens is 676 g/mol. The van der Waals surface area contributed by atoms with Crippen molar-refractivity contribution in [3.63, 3.8) is 0 Å². The number of carbonyl (C=O) groups excluding carboxylic acids is 5. The van der Waals surface area contributed by atoms with Crippen LogP contribution in [0, 0.1) is 16.0 Å². The normalized spacial score (nSPS) is 27.8. The van der Waals surface area contributed by atoms with E-state index in [1.807, 2.05) is 12.2 Å². The van der Waals surface area contributed by atoms with Crippen LogP contribution in [0.15, 0.2) is 36.4 Å². The number of nitrogens with one attached hydrogen (secondary N) is 1. The third kappa shape index (κ3) is 9.09. The van der Waals surface area contributed by atoms with Crippen LogP contribution in [0.3, 0.4) is 0 Å². The summed E-state index contributed by atoms with van der Waals surface area (Å²) >= 11 is 0. The molecule has 0 radical (unpaired) electrons. The Morgan fingerprint density at radius 3 is 2.33 bits per heavy atom. The van der Waals surface area contributed by atoms with E-state index >= 15 is 0 Å². The van der Waals surface area contributed by atoms with Crippen LogP contribution in [0.5, 0.6) is 0 Å². The Morgan fingerprint density at radius 1 is 0.981 bits per heavy atom. The molecule has 0 bridgehead atoms. The Bertz CT molecular complexity index is 1530. The van der Waals surface area contributed by atoms with Gasteiger partial charge in [-0.2, -0.15) is 0 Å². The lowest BCUT2D eigenvalue weighted by Gasteiger charge is -2.35. The monoisotopic (exact) mass is 726 g/mol. The van der Waals surface area contributed by atoms with Gasteiger partial charge in [0.15, 0.2) is 5.54 Å². The minimum absolute atomic E-state index is 0.0236. The average Bonchev–Trinajstić information content (AvgIpc) is 3.38. The summed E-state index contributed by atoms with van der Waals surface area (Å²) in [6.07, 6.45) is 7.68. The lowest BCUT2D eigenvalue weighted by Crippen LogP contribution is -2.60. The van der Waals surface area contributed by atoms with Crippen molar-refractivity contribution in [1.82, 2.24) is 15.1 Å². The van der Waals surface area contributed by atoms with Crippen molar-refractivity contribution in [3.05, 3.63) is 52.1 Å². The van der Waals surface area contributed by atoms with Crippen molar-refractivity contribution in [2.75, 3.05) is 13.7 Å². The number of carbonyl (C=O) groups is 5. The first-order valence-corrected chi connectivity index (χ1v) is 18.2. The summed E-state index contributed by atoms with van der Waals surface area (Å²) in [4.78, 5) is 82.8. The maximum absolute atomic E-state index is 14.8. The Kier molecular flexibility index (Phi) is 12.2. The van der Waals surface area contributed by atoms with Gasteiger partial charge in [0.05, 0.1) is 24.7 Å². The molecule has 1 N–H and O–H groups in total. The van der Waals surface area contributed by atoms with Gasteiger partial charge in [0.1, 0.15) is 23.8 Å². The van der Waals surface area contributed by atoms with Crippen LogP contribution >= 0.6 is 0 Å². The van der Waals surface area contributed by atoms with E-state index in [2.05, 4.69) is 5.32 Å². The second-order valence-corrected chi connectivity index (χ2v) is 15.1. The van der Waals surface area contributed by atoms with Crippen LogP contribution in [0.25, 0.3) is 0 Å². The summed E-state index contributed by atoms with van der Waals surface area (Å²) in [6, 6.07) is 3.53. The number of allylic oxidation sites excluding steroid dienone is 1. The lowest BCUT2D eigenvalue weighted by atomic mass is 10.0. The van der Waals surface area contributed by atoms with Gasteiger partial charge in [0.25, 0.3) is 11.6 Å². The minimum Gasteiger partial charge on any atom is -0.467 e. The zero-order valence-corrected chi connectivity index (χ0v) is 30.4. The standard InChI is InChI=1S/C37H50N4O11/c1-36(2,3)52-35(46)40-32(43)30-20-28(50-23-24-16-18-26(19-17-24)41(47)48)22-39(30)31(42)29(38-34(45)51-27-13-10-11-14-27)15-9-7-5-6-8-12-25-21-37(25,40)33(44)49-4/h8,12,16-19,25,27-30H,5-7,9-11,13-15,20-23H2,1-4H3,(H,38,45)/b12-8-/t25-,28+,29+,30+,37-/m1/s1. The third-order valence-electron chi connectivity index (χ3n) is 10.1. The molecule has 2 heterocycles. The number of ether oxygens (including phenoxy) is 4. The predicted molar refractivity (Wildman–Crippen MR) is 186 cm³/mol. The highest BCUT2D eigenvalue weighted by Crippen LogP contribution is 2.52. The topological polar surface area (TPSA) is 184 Å². The van der Waals surface area contributed by atoms with Gasteiger partial charge in [0.2, 0.25) is 5.91 Å². The summed E-state index contributed by atoms with van der Waals surface area (Å²) in [6.45, 7) is 4.90. The first-order chi connectivity index (χ1) is 24.7. The molecule has 0 aromatic heterocycles. The molecule has 4 aliphatic rings.